The standard InChI is InChI=1S/C25H28FN3O2/c26-22-7-3-6-21(16-22)25(9-1-2-10-25)24(30)28-13-14-31-18-19(17-28)15-20-5-4-12-29-23(20)8-11-27-29/h3-8,11-12,16,19H,1-2,9-10,13-15,17-18H2/t19-/m0/s1. The third-order valence-corrected chi connectivity index (χ3v) is 6.90. The van der Waals surface area contributed by atoms with Crippen molar-refractivity contribution in [3.05, 3.63) is 71.8 Å². The number of rotatable bonds is 4. The molecule has 2 aromatic heterocycles. The Hall–Kier alpha value is -2.73. The Kier molecular flexibility index (Phi) is 5.48. The summed E-state index contributed by atoms with van der Waals surface area (Å²) in [4.78, 5) is 15.9. The van der Waals surface area contributed by atoms with Gasteiger partial charge < -0.3 is 9.64 Å². The number of fused-ring (bicyclic) bond motifs is 1. The fourth-order valence-corrected chi connectivity index (χ4v) is 5.38. The Balaban J connectivity index is 1.40. The molecule has 1 amide bonds. The normalized spacial score (nSPS) is 21.3. The van der Waals surface area contributed by atoms with Crippen LogP contribution in [-0.2, 0) is 21.4 Å². The quantitative estimate of drug-likeness (QED) is 0.640. The molecule has 1 aliphatic carbocycles. The van der Waals surface area contributed by atoms with E-state index in [0.717, 1.165) is 43.2 Å². The van der Waals surface area contributed by atoms with Crippen molar-refractivity contribution >= 4 is 11.4 Å². The fourth-order valence-electron chi connectivity index (χ4n) is 5.38. The predicted molar refractivity (Wildman–Crippen MR) is 116 cm³/mol. The predicted octanol–water partition coefficient (Wildman–Crippen LogP) is 4.00. The molecule has 31 heavy (non-hydrogen) atoms. The zero-order valence-corrected chi connectivity index (χ0v) is 17.7. The van der Waals surface area contributed by atoms with Crippen LogP contribution in [0.5, 0.6) is 0 Å². The maximum Gasteiger partial charge on any atom is 0.233 e. The molecule has 5 nitrogen and oxygen atoms in total. The summed E-state index contributed by atoms with van der Waals surface area (Å²) in [5, 5.41) is 4.33. The number of carbonyl (C=O) groups excluding carboxylic acids is 1. The molecule has 1 aromatic carbocycles. The topological polar surface area (TPSA) is 46.8 Å². The Morgan fingerprint density at radius 2 is 2.06 bits per heavy atom. The number of benzene rings is 1. The molecule has 0 spiro atoms. The van der Waals surface area contributed by atoms with E-state index in [4.69, 9.17) is 4.74 Å². The minimum absolute atomic E-state index is 0.133. The van der Waals surface area contributed by atoms with Crippen LogP contribution in [0.1, 0.15) is 36.8 Å². The molecule has 0 N–H and O–H groups in total. The number of amides is 1. The van der Waals surface area contributed by atoms with E-state index in [-0.39, 0.29) is 17.6 Å². The van der Waals surface area contributed by atoms with Crippen molar-refractivity contribution in [2.24, 2.45) is 5.92 Å². The first-order valence-electron chi connectivity index (χ1n) is 11.2. The lowest BCUT2D eigenvalue weighted by atomic mass is 9.77. The number of ether oxygens (including phenoxy) is 1. The lowest BCUT2D eigenvalue weighted by molar-refractivity contribution is -0.137. The molecule has 3 aromatic rings. The van der Waals surface area contributed by atoms with E-state index in [1.54, 1.807) is 18.3 Å². The number of nitrogens with zero attached hydrogens (tertiary/aromatic N) is 3. The van der Waals surface area contributed by atoms with Gasteiger partial charge >= 0.3 is 0 Å². The minimum Gasteiger partial charge on any atom is -0.379 e. The Bertz CT molecular complexity index is 1070. The fraction of sp³-hybridized carbons (Fsp3) is 0.440. The van der Waals surface area contributed by atoms with Gasteiger partial charge in [0.05, 0.1) is 24.1 Å². The molecule has 1 aliphatic heterocycles. The number of aromatic nitrogens is 2. The van der Waals surface area contributed by atoms with Gasteiger partial charge in [0.1, 0.15) is 5.82 Å². The molecule has 2 aliphatic rings. The smallest absolute Gasteiger partial charge is 0.233 e. The lowest BCUT2D eigenvalue weighted by Gasteiger charge is -2.35. The van der Waals surface area contributed by atoms with E-state index >= 15 is 0 Å². The molecule has 1 saturated heterocycles. The van der Waals surface area contributed by atoms with E-state index in [1.807, 2.05) is 33.8 Å². The Morgan fingerprint density at radius 1 is 1.19 bits per heavy atom. The highest BCUT2D eigenvalue weighted by molar-refractivity contribution is 5.88. The van der Waals surface area contributed by atoms with Gasteiger partial charge in [0.15, 0.2) is 0 Å². The SMILES string of the molecule is O=C(N1CCOC[C@@H](Cc2cccn3nccc23)C1)C1(c2cccc(F)c2)CCCC1. The van der Waals surface area contributed by atoms with Crippen LogP contribution in [0.25, 0.3) is 5.52 Å². The molecule has 1 saturated carbocycles. The third-order valence-electron chi connectivity index (χ3n) is 6.90. The van der Waals surface area contributed by atoms with Crippen molar-refractivity contribution in [3.8, 4) is 0 Å². The second-order valence-corrected chi connectivity index (χ2v) is 8.89. The van der Waals surface area contributed by atoms with Crippen LogP contribution < -0.4 is 0 Å². The van der Waals surface area contributed by atoms with Gasteiger partial charge in [0, 0.05) is 31.4 Å². The average molecular weight is 422 g/mol. The highest BCUT2D eigenvalue weighted by atomic mass is 19.1. The molecule has 2 fully saturated rings. The van der Waals surface area contributed by atoms with Crippen molar-refractivity contribution in [3.63, 3.8) is 0 Å². The molecular formula is C25H28FN3O2. The third kappa shape index (κ3) is 3.85. The molecular weight excluding hydrogens is 393 g/mol. The number of pyridine rings is 1. The summed E-state index contributed by atoms with van der Waals surface area (Å²) in [6.07, 6.45) is 8.15. The van der Waals surface area contributed by atoms with Crippen LogP contribution in [-0.4, -0.2) is 46.7 Å². The zero-order valence-electron chi connectivity index (χ0n) is 17.7. The van der Waals surface area contributed by atoms with E-state index in [1.165, 1.54) is 11.6 Å². The first kappa shape index (κ1) is 20.2. The Labute approximate surface area is 181 Å². The number of hydrogen-bond acceptors (Lipinski definition) is 3. The lowest BCUT2D eigenvalue weighted by Crippen LogP contribution is -2.47. The van der Waals surface area contributed by atoms with Gasteiger partial charge in [-0.05, 0) is 54.7 Å². The summed E-state index contributed by atoms with van der Waals surface area (Å²) in [7, 11) is 0. The van der Waals surface area contributed by atoms with Gasteiger partial charge in [-0.15, -0.1) is 0 Å². The average Bonchev–Trinajstić information content (AvgIpc) is 3.41. The van der Waals surface area contributed by atoms with Gasteiger partial charge in [-0.2, -0.15) is 5.10 Å². The molecule has 0 radical (unpaired) electrons. The van der Waals surface area contributed by atoms with Gasteiger partial charge in [-0.3, -0.25) is 4.79 Å². The van der Waals surface area contributed by atoms with Crippen LogP contribution in [0.2, 0.25) is 0 Å². The van der Waals surface area contributed by atoms with Gasteiger partial charge in [-0.25, -0.2) is 8.91 Å². The molecule has 162 valence electrons. The summed E-state index contributed by atoms with van der Waals surface area (Å²) in [5.41, 5.74) is 2.52. The van der Waals surface area contributed by atoms with Crippen molar-refractivity contribution in [1.29, 1.82) is 0 Å². The van der Waals surface area contributed by atoms with E-state index < -0.39 is 5.41 Å². The summed E-state index contributed by atoms with van der Waals surface area (Å²) in [6.45, 7) is 2.42. The summed E-state index contributed by atoms with van der Waals surface area (Å²) in [5.74, 6) is 0.0646. The summed E-state index contributed by atoms with van der Waals surface area (Å²) < 4.78 is 21.8. The highest BCUT2D eigenvalue weighted by Crippen LogP contribution is 2.43. The van der Waals surface area contributed by atoms with Crippen LogP contribution >= 0.6 is 0 Å². The van der Waals surface area contributed by atoms with Gasteiger partial charge in [0.2, 0.25) is 5.91 Å². The molecule has 1 atom stereocenters. The second-order valence-electron chi connectivity index (χ2n) is 8.89. The Morgan fingerprint density at radius 3 is 2.90 bits per heavy atom. The van der Waals surface area contributed by atoms with Crippen molar-refractivity contribution < 1.29 is 13.9 Å². The minimum atomic E-state index is -0.609. The molecule has 5 rings (SSSR count). The maximum absolute atomic E-state index is 14.0. The van der Waals surface area contributed by atoms with E-state index in [2.05, 4.69) is 11.2 Å². The van der Waals surface area contributed by atoms with Crippen LogP contribution in [0.15, 0.2) is 54.9 Å². The van der Waals surface area contributed by atoms with Gasteiger partial charge in [0.25, 0.3) is 0 Å². The molecule has 6 heteroatoms. The first-order chi connectivity index (χ1) is 15.2. The molecule has 0 unspecified atom stereocenters. The number of carbonyl (C=O) groups is 1. The summed E-state index contributed by atoms with van der Waals surface area (Å²) >= 11 is 0. The number of halogens is 1. The second kappa shape index (κ2) is 8.42. The largest absolute Gasteiger partial charge is 0.379 e. The first-order valence-corrected chi connectivity index (χ1v) is 11.2. The maximum atomic E-state index is 14.0. The zero-order chi connectivity index (χ0) is 21.3. The number of hydrogen-bond donors (Lipinski definition) is 0. The van der Waals surface area contributed by atoms with Crippen LogP contribution in [0.3, 0.4) is 0 Å². The van der Waals surface area contributed by atoms with Crippen molar-refractivity contribution in [2.45, 2.75) is 37.5 Å². The van der Waals surface area contributed by atoms with Crippen molar-refractivity contribution in [2.75, 3.05) is 26.3 Å². The van der Waals surface area contributed by atoms with E-state index in [9.17, 15) is 9.18 Å². The van der Waals surface area contributed by atoms with Crippen LogP contribution in [0.4, 0.5) is 4.39 Å². The summed E-state index contributed by atoms with van der Waals surface area (Å²) in [6, 6.07) is 12.8. The van der Waals surface area contributed by atoms with Crippen molar-refractivity contribution in [1.82, 2.24) is 14.5 Å². The van der Waals surface area contributed by atoms with Crippen LogP contribution in [0, 0.1) is 11.7 Å². The van der Waals surface area contributed by atoms with Gasteiger partial charge in [-0.1, -0.05) is 31.0 Å². The van der Waals surface area contributed by atoms with E-state index in [0.29, 0.717) is 26.3 Å². The highest BCUT2D eigenvalue weighted by Gasteiger charge is 2.45. The monoisotopic (exact) mass is 421 g/mol. The molecule has 0 bridgehead atoms. The molecule has 3 heterocycles.